The molecule has 5 nitrogen and oxygen atoms in total. The molecule has 1 aromatic rings. The molecule has 1 aromatic heterocycles. The van der Waals surface area contributed by atoms with Crippen molar-refractivity contribution in [1.29, 1.82) is 0 Å². The minimum absolute atomic E-state index is 0.201. The van der Waals surface area contributed by atoms with Crippen LogP contribution in [0.5, 0.6) is 0 Å². The molecule has 3 aliphatic rings. The summed E-state index contributed by atoms with van der Waals surface area (Å²) >= 11 is 0.853. The van der Waals surface area contributed by atoms with E-state index in [0.29, 0.717) is 55.5 Å². The molecule has 2 aliphatic heterocycles. The molecule has 9 heteroatoms. The highest BCUT2D eigenvalue weighted by atomic mass is 32.2. The molecule has 3 heterocycles. The second-order valence-corrected chi connectivity index (χ2v) is 7.74. The van der Waals surface area contributed by atoms with Crippen LogP contribution in [0.4, 0.5) is 24.9 Å². The van der Waals surface area contributed by atoms with Gasteiger partial charge in [0.1, 0.15) is 5.82 Å². The number of rotatable bonds is 4. The Hall–Kier alpha value is -1.22. The highest BCUT2D eigenvalue weighted by Gasteiger charge is 2.55. The van der Waals surface area contributed by atoms with Gasteiger partial charge in [-0.3, -0.25) is 0 Å². The van der Waals surface area contributed by atoms with E-state index in [1.165, 1.54) is 0 Å². The number of nitrogens with zero attached hydrogens (tertiary/aromatic N) is 4. The molecule has 25 heavy (non-hydrogen) atoms. The van der Waals surface area contributed by atoms with E-state index in [0.717, 1.165) is 37.4 Å². The van der Waals surface area contributed by atoms with E-state index >= 15 is 0 Å². The number of hydrogen-bond donors (Lipinski definition) is 1. The smallest absolute Gasteiger partial charge is 0.356 e. The van der Waals surface area contributed by atoms with Crippen LogP contribution in [-0.4, -0.2) is 46.5 Å². The van der Waals surface area contributed by atoms with E-state index in [-0.39, 0.29) is 5.95 Å². The summed E-state index contributed by atoms with van der Waals surface area (Å²) in [5.74, 6) is 2.69. The first-order valence-electron chi connectivity index (χ1n) is 8.70. The number of hydrogen-bond acceptors (Lipinski definition) is 6. The first-order chi connectivity index (χ1) is 12.0. The van der Waals surface area contributed by atoms with Crippen molar-refractivity contribution in [2.75, 3.05) is 41.7 Å². The summed E-state index contributed by atoms with van der Waals surface area (Å²) in [7, 11) is 0. The van der Waals surface area contributed by atoms with Gasteiger partial charge in [0.25, 0.3) is 0 Å². The molecule has 2 saturated heterocycles. The second-order valence-electron chi connectivity index (χ2n) is 7.15. The fourth-order valence-corrected chi connectivity index (χ4v) is 4.80. The van der Waals surface area contributed by atoms with E-state index in [1.54, 1.807) is 0 Å². The lowest BCUT2D eigenvalue weighted by Crippen LogP contribution is -2.33. The third kappa shape index (κ3) is 3.40. The Bertz CT molecular complexity index is 626. The van der Waals surface area contributed by atoms with Gasteiger partial charge in [-0.05, 0) is 49.1 Å². The predicted molar refractivity (Wildman–Crippen MR) is 90.9 cm³/mol. The fourth-order valence-electron chi connectivity index (χ4n) is 4.13. The maximum atomic E-state index is 13.3. The Morgan fingerprint density at radius 3 is 2.36 bits per heavy atom. The van der Waals surface area contributed by atoms with Crippen LogP contribution >= 0.6 is 12.0 Å². The molecule has 0 radical (unpaired) electrons. The molecular formula is C16H21F3N4OS. The van der Waals surface area contributed by atoms with Gasteiger partial charge < -0.3 is 14.4 Å². The van der Waals surface area contributed by atoms with Crippen molar-refractivity contribution in [2.24, 2.45) is 17.8 Å². The van der Waals surface area contributed by atoms with Crippen molar-refractivity contribution in [3.05, 3.63) is 11.8 Å². The zero-order valence-electron chi connectivity index (χ0n) is 13.7. The fraction of sp³-hybridized carbons (Fsp3) is 0.750. The van der Waals surface area contributed by atoms with Crippen LogP contribution in [-0.2, 0) is 6.18 Å². The first-order valence-corrected chi connectivity index (χ1v) is 9.64. The van der Waals surface area contributed by atoms with E-state index < -0.39 is 11.9 Å². The van der Waals surface area contributed by atoms with Crippen LogP contribution in [0, 0.1) is 17.8 Å². The molecule has 1 aliphatic carbocycles. The van der Waals surface area contributed by atoms with Crippen LogP contribution in [0.25, 0.3) is 0 Å². The van der Waals surface area contributed by atoms with Crippen molar-refractivity contribution in [2.45, 2.75) is 25.4 Å². The number of halogens is 3. The summed E-state index contributed by atoms with van der Waals surface area (Å²) < 4.78 is 48.8. The van der Waals surface area contributed by atoms with E-state index in [9.17, 15) is 13.2 Å². The van der Waals surface area contributed by atoms with Crippen molar-refractivity contribution in [3.8, 4) is 0 Å². The number of aromatic nitrogens is 2. The number of alkyl halides is 3. The van der Waals surface area contributed by atoms with Crippen LogP contribution in [0.3, 0.4) is 0 Å². The number of anilines is 2. The number of piperidine rings is 2. The topological polar surface area (TPSA) is 52.5 Å². The minimum atomic E-state index is -4.47. The van der Waals surface area contributed by atoms with Gasteiger partial charge >= 0.3 is 6.18 Å². The molecule has 0 aromatic carbocycles. The summed E-state index contributed by atoms with van der Waals surface area (Å²) in [5, 5.41) is 0. The van der Waals surface area contributed by atoms with E-state index in [2.05, 4.69) is 9.97 Å². The quantitative estimate of drug-likeness (QED) is 0.816. The maximum Gasteiger partial charge on any atom is 0.433 e. The lowest BCUT2D eigenvalue weighted by molar-refractivity contribution is -0.141. The highest BCUT2D eigenvalue weighted by Crippen LogP contribution is 2.53. The van der Waals surface area contributed by atoms with Crippen LogP contribution in [0.2, 0.25) is 0 Å². The van der Waals surface area contributed by atoms with Crippen LogP contribution in [0.15, 0.2) is 6.07 Å². The summed E-state index contributed by atoms with van der Waals surface area (Å²) in [4.78, 5) is 12.1. The summed E-state index contributed by atoms with van der Waals surface area (Å²) in [5.41, 5.74) is -0.860. The molecule has 0 spiro atoms. The maximum absolute atomic E-state index is 13.3. The predicted octanol–water partition coefficient (Wildman–Crippen LogP) is 3.37. The summed E-state index contributed by atoms with van der Waals surface area (Å²) in [6.45, 7) is 2.84. The van der Waals surface area contributed by atoms with Gasteiger partial charge in [-0.15, -0.1) is 0 Å². The SMILES string of the molecule is OSCC1C2CN(c3cc(C(F)(F)F)nc(N4CCCCC4)n3)CC12. The lowest BCUT2D eigenvalue weighted by Gasteiger charge is -2.29. The van der Waals surface area contributed by atoms with Crippen molar-refractivity contribution in [1.82, 2.24) is 9.97 Å². The Labute approximate surface area is 148 Å². The van der Waals surface area contributed by atoms with Crippen molar-refractivity contribution in [3.63, 3.8) is 0 Å². The average Bonchev–Trinajstić information content (AvgIpc) is 3.05. The van der Waals surface area contributed by atoms with Gasteiger partial charge in [0, 0.05) is 38.0 Å². The molecule has 3 fully saturated rings. The molecule has 1 N–H and O–H groups in total. The van der Waals surface area contributed by atoms with Gasteiger partial charge in [0.05, 0.1) is 0 Å². The van der Waals surface area contributed by atoms with Crippen molar-refractivity contribution < 1.29 is 17.7 Å². The molecule has 1 saturated carbocycles. The summed E-state index contributed by atoms with van der Waals surface area (Å²) in [6, 6.07) is 1.08. The van der Waals surface area contributed by atoms with E-state index in [4.69, 9.17) is 4.55 Å². The molecule has 2 atom stereocenters. The molecule has 0 bridgehead atoms. The zero-order chi connectivity index (χ0) is 17.6. The number of fused-ring (bicyclic) bond motifs is 1. The molecule has 2 unspecified atom stereocenters. The first kappa shape index (κ1) is 17.2. The summed E-state index contributed by atoms with van der Waals surface area (Å²) in [6.07, 6.45) is -1.45. The normalized spacial score (nSPS) is 29.0. The monoisotopic (exact) mass is 374 g/mol. The third-order valence-corrected chi connectivity index (χ3v) is 6.13. The second kappa shape index (κ2) is 6.50. The Balaban J connectivity index is 1.57. The molecular weight excluding hydrogens is 353 g/mol. The zero-order valence-corrected chi connectivity index (χ0v) is 14.6. The van der Waals surface area contributed by atoms with Crippen molar-refractivity contribution >= 4 is 23.8 Å². The Morgan fingerprint density at radius 2 is 1.76 bits per heavy atom. The van der Waals surface area contributed by atoms with Gasteiger partial charge in [-0.1, -0.05) is 0 Å². The molecule has 138 valence electrons. The highest BCUT2D eigenvalue weighted by molar-refractivity contribution is 7.93. The van der Waals surface area contributed by atoms with Gasteiger partial charge in [0.15, 0.2) is 5.69 Å². The van der Waals surface area contributed by atoms with Gasteiger partial charge in [-0.2, -0.15) is 18.2 Å². The van der Waals surface area contributed by atoms with Gasteiger partial charge in [0.2, 0.25) is 5.95 Å². The van der Waals surface area contributed by atoms with E-state index in [1.807, 2.05) is 9.80 Å². The Morgan fingerprint density at radius 1 is 1.08 bits per heavy atom. The Kier molecular flexibility index (Phi) is 4.47. The molecule has 0 amide bonds. The average molecular weight is 374 g/mol. The standard InChI is InChI=1S/C16H21F3N4OS/c17-16(18,19)13-6-14(21-15(20-13)22-4-2-1-3-5-22)23-7-10-11(8-23)12(10)9-25-24/h6,10-12,24H,1-5,7-9H2. The lowest BCUT2D eigenvalue weighted by atomic mass is 10.1. The third-order valence-electron chi connectivity index (χ3n) is 5.59. The minimum Gasteiger partial charge on any atom is -0.356 e. The van der Waals surface area contributed by atoms with Crippen LogP contribution in [0.1, 0.15) is 25.0 Å². The molecule has 4 rings (SSSR count). The largest absolute Gasteiger partial charge is 0.433 e. The van der Waals surface area contributed by atoms with Gasteiger partial charge in [-0.25, -0.2) is 4.98 Å². The van der Waals surface area contributed by atoms with Crippen LogP contribution < -0.4 is 9.80 Å².